The van der Waals surface area contributed by atoms with Gasteiger partial charge >= 0.3 is 6.09 Å². The Bertz CT molecular complexity index is 1460. The van der Waals surface area contributed by atoms with E-state index in [0.717, 1.165) is 58.1 Å². The first-order chi connectivity index (χ1) is 17.9. The van der Waals surface area contributed by atoms with Gasteiger partial charge in [-0.15, -0.1) is 0 Å². The summed E-state index contributed by atoms with van der Waals surface area (Å²) in [7, 11) is 3.60. The van der Waals surface area contributed by atoms with Crippen molar-refractivity contribution in [2.24, 2.45) is 5.92 Å². The zero-order chi connectivity index (χ0) is 25.9. The number of aromatic nitrogens is 3. The Morgan fingerprint density at radius 3 is 2.68 bits per heavy atom. The first-order valence-electron chi connectivity index (χ1n) is 12.2. The van der Waals surface area contributed by atoms with E-state index in [-0.39, 0.29) is 0 Å². The van der Waals surface area contributed by atoms with Crippen molar-refractivity contribution in [2.45, 2.75) is 12.8 Å². The molecule has 9 nitrogen and oxygen atoms in total. The number of hydrogen-bond acceptors (Lipinski definition) is 6. The molecule has 1 aromatic carbocycles. The van der Waals surface area contributed by atoms with E-state index >= 15 is 0 Å². The molecule has 1 aliphatic rings. The Labute approximate surface area is 215 Å². The number of anilines is 1. The minimum atomic E-state index is -1.08. The minimum Gasteiger partial charge on any atom is -0.491 e. The summed E-state index contributed by atoms with van der Waals surface area (Å²) >= 11 is 0. The molecule has 0 saturated carbocycles. The van der Waals surface area contributed by atoms with Gasteiger partial charge in [0.1, 0.15) is 17.1 Å². The fraction of sp³-hybridized carbons (Fsp3) is 0.286. The molecule has 1 N–H and O–H groups in total. The van der Waals surface area contributed by atoms with Crippen LogP contribution in [0, 0.1) is 17.2 Å². The average Bonchev–Trinajstić information content (AvgIpc) is 3.41. The molecule has 1 amide bonds. The number of likely N-dealkylation sites (tertiary alicyclic amines) is 1. The van der Waals surface area contributed by atoms with Gasteiger partial charge in [0, 0.05) is 36.8 Å². The number of carboxylic acid groups (broad SMARTS) is 1. The Balaban J connectivity index is 1.60. The maximum absolute atomic E-state index is 11.4. The molecule has 4 aromatic rings. The zero-order valence-corrected chi connectivity index (χ0v) is 20.8. The van der Waals surface area contributed by atoms with Crippen molar-refractivity contribution in [1.82, 2.24) is 19.3 Å². The van der Waals surface area contributed by atoms with Gasteiger partial charge in [0.2, 0.25) is 0 Å². The molecule has 0 bridgehead atoms. The number of rotatable bonds is 6. The molecule has 9 heteroatoms. The highest BCUT2D eigenvalue weighted by Crippen LogP contribution is 2.38. The second kappa shape index (κ2) is 10.3. The van der Waals surface area contributed by atoms with E-state index in [1.807, 2.05) is 28.7 Å². The van der Waals surface area contributed by atoms with Crippen LogP contribution in [0.15, 0.2) is 61.2 Å². The monoisotopic (exact) mass is 496 g/mol. The van der Waals surface area contributed by atoms with Crippen LogP contribution in [-0.4, -0.2) is 64.3 Å². The fourth-order valence-electron chi connectivity index (χ4n) is 4.85. The number of benzene rings is 1. The Morgan fingerprint density at radius 1 is 1.22 bits per heavy atom. The first kappa shape index (κ1) is 24.3. The van der Waals surface area contributed by atoms with Crippen LogP contribution in [0.2, 0.25) is 0 Å². The van der Waals surface area contributed by atoms with Crippen molar-refractivity contribution >= 4 is 17.4 Å². The number of carbonyl (C=O) groups is 1. The van der Waals surface area contributed by atoms with Crippen molar-refractivity contribution in [3.8, 4) is 34.2 Å². The van der Waals surface area contributed by atoms with E-state index in [4.69, 9.17) is 4.74 Å². The maximum Gasteiger partial charge on any atom is 0.412 e. The summed E-state index contributed by atoms with van der Waals surface area (Å²) in [5.74, 6) is 1.53. The van der Waals surface area contributed by atoms with Crippen LogP contribution in [0.5, 0.6) is 5.75 Å². The average molecular weight is 497 g/mol. The zero-order valence-electron chi connectivity index (χ0n) is 20.8. The van der Waals surface area contributed by atoms with Crippen LogP contribution in [0.25, 0.3) is 27.9 Å². The highest BCUT2D eigenvalue weighted by molar-refractivity contribution is 5.87. The van der Waals surface area contributed by atoms with Gasteiger partial charge in [-0.1, -0.05) is 12.1 Å². The van der Waals surface area contributed by atoms with Gasteiger partial charge in [-0.3, -0.25) is 9.30 Å². The van der Waals surface area contributed by atoms with Crippen molar-refractivity contribution in [2.75, 3.05) is 38.7 Å². The van der Waals surface area contributed by atoms with Crippen molar-refractivity contribution in [3.63, 3.8) is 0 Å². The van der Waals surface area contributed by atoms with E-state index in [2.05, 4.69) is 28.0 Å². The molecule has 0 unspecified atom stereocenters. The third-order valence-electron chi connectivity index (χ3n) is 6.84. The second-order valence-corrected chi connectivity index (χ2v) is 9.44. The summed E-state index contributed by atoms with van der Waals surface area (Å²) in [6, 6.07) is 15.1. The minimum absolute atomic E-state index is 0.329. The Morgan fingerprint density at radius 2 is 2.00 bits per heavy atom. The van der Waals surface area contributed by atoms with Gasteiger partial charge < -0.3 is 14.7 Å². The summed E-state index contributed by atoms with van der Waals surface area (Å²) in [6.07, 6.45) is 6.42. The number of ether oxygens (including phenoxy) is 1. The molecule has 3 aromatic heterocycles. The predicted molar refractivity (Wildman–Crippen MR) is 141 cm³/mol. The number of hydrogen-bond donors (Lipinski definition) is 1. The van der Waals surface area contributed by atoms with Crippen molar-refractivity contribution in [1.29, 1.82) is 5.26 Å². The number of pyridine rings is 2. The van der Waals surface area contributed by atoms with Crippen LogP contribution < -0.4 is 9.64 Å². The highest BCUT2D eigenvalue weighted by Gasteiger charge is 2.21. The van der Waals surface area contributed by atoms with Gasteiger partial charge in [0.25, 0.3) is 0 Å². The van der Waals surface area contributed by atoms with Gasteiger partial charge in [-0.05, 0) is 62.3 Å². The molecular formula is C28H28N6O3. The molecule has 0 aliphatic carbocycles. The van der Waals surface area contributed by atoms with Gasteiger partial charge in [-0.25, -0.2) is 14.8 Å². The summed E-state index contributed by atoms with van der Waals surface area (Å²) in [6.45, 7) is 2.75. The molecule has 0 spiro atoms. The van der Waals surface area contributed by atoms with Gasteiger partial charge in [0.05, 0.1) is 36.5 Å². The summed E-state index contributed by atoms with van der Waals surface area (Å²) in [5.41, 5.74) is 4.87. The number of nitrogens with zero attached hydrogens (tertiary/aromatic N) is 6. The number of piperidine rings is 1. The first-order valence-corrected chi connectivity index (χ1v) is 12.2. The van der Waals surface area contributed by atoms with E-state index in [0.29, 0.717) is 23.9 Å². The fourth-order valence-corrected chi connectivity index (χ4v) is 4.85. The predicted octanol–water partition coefficient (Wildman–Crippen LogP) is 4.77. The summed E-state index contributed by atoms with van der Waals surface area (Å²) in [4.78, 5) is 23.6. The summed E-state index contributed by atoms with van der Waals surface area (Å²) < 4.78 is 8.39. The van der Waals surface area contributed by atoms with Gasteiger partial charge in [0.15, 0.2) is 0 Å². The molecule has 5 rings (SSSR count). The van der Waals surface area contributed by atoms with E-state index < -0.39 is 6.09 Å². The lowest BCUT2D eigenvalue weighted by Crippen LogP contribution is -2.34. The number of nitriles is 1. The SMILES string of the molecule is CN1CCC[C@@H](COc2cc(-c3ccc(C#N)cc3)c(-c3ccc(N(C)C(=O)O)nc3)n3cncc23)C1. The van der Waals surface area contributed by atoms with Crippen LogP contribution in [0.4, 0.5) is 10.6 Å². The highest BCUT2D eigenvalue weighted by atomic mass is 16.5. The Hall–Kier alpha value is -4.42. The van der Waals surface area contributed by atoms with Crippen LogP contribution in [0.3, 0.4) is 0 Å². The molecule has 1 aliphatic heterocycles. The molecule has 37 heavy (non-hydrogen) atoms. The molecule has 0 radical (unpaired) electrons. The van der Waals surface area contributed by atoms with E-state index in [1.165, 1.54) is 13.5 Å². The van der Waals surface area contributed by atoms with E-state index in [9.17, 15) is 15.2 Å². The van der Waals surface area contributed by atoms with Crippen LogP contribution >= 0.6 is 0 Å². The van der Waals surface area contributed by atoms with Crippen LogP contribution in [0.1, 0.15) is 18.4 Å². The molecule has 188 valence electrons. The molecule has 1 atom stereocenters. The largest absolute Gasteiger partial charge is 0.491 e. The third-order valence-corrected chi connectivity index (χ3v) is 6.84. The van der Waals surface area contributed by atoms with Crippen molar-refractivity contribution in [3.05, 3.63) is 66.7 Å². The van der Waals surface area contributed by atoms with Crippen LogP contribution in [-0.2, 0) is 0 Å². The molecule has 1 fully saturated rings. The standard InChI is InChI=1S/C28H28N6O3/c1-32-11-3-4-20(16-32)17-37-25-12-23(21-7-5-19(13-29)6-8-21)27(34-18-30-15-24(25)34)22-9-10-26(31-14-22)33(2)28(35)36/h5-10,12,14-15,18,20H,3-4,11,16-17H2,1-2H3,(H,35,36)/t20-/m1/s1. The molecular weight excluding hydrogens is 468 g/mol. The van der Waals surface area contributed by atoms with E-state index in [1.54, 1.807) is 36.9 Å². The second-order valence-electron chi connectivity index (χ2n) is 9.44. The van der Waals surface area contributed by atoms with Crippen molar-refractivity contribution < 1.29 is 14.6 Å². The third kappa shape index (κ3) is 4.97. The van der Waals surface area contributed by atoms with Gasteiger partial charge in [-0.2, -0.15) is 5.26 Å². The number of amides is 1. The lowest BCUT2D eigenvalue weighted by Gasteiger charge is -2.29. The lowest BCUT2D eigenvalue weighted by atomic mass is 9.98. The normalized spacial score (nSPS) is 15.9. The molecule has 1 saturated heterocycles. The smallest absolute Gasteiger partial charge is 0.412 e. The summed E-state index contributed by atoms with van der Waals surface area (Å²) in [5, 5.41) is 18.6. The molecule has 4 heterocycles. The number of fused-ring (bicyclic) bond motifs is 1. The lowest BCUT2D eigenvalue weighted by molar-refractivity contribution is 0.151. The maximum atomic E-state index is 11.4. The Kier molecular flexibility index (Phi) is 6.75. The quantitative estimate of drug-likeness (QED) is 0.410. The topological polar surface area (TPSA) is 107 Å². The number of imidazole rings is 1.